The van der Waals surface area contributed by atoms with Crippen molar-refractivity contribution in [2.24, 2.45) is 0 Å². The Balaban J connectivity index is 1.89. The van der Waals surface area contributed by atoms with Gasteiger partial charge in [0, 0.05) is 16.6 Å². The molecule has 0 aliphatic heterocycles. The number of hydrogen-bond acceptors (Lipinski definition) is 4. The first-order valence-electron chi connectivity index (χ1n) is 8.26. The van der Waals surface area contributed by atoms with Crippen molar-refractivity contribution in [2.75, 3.05) is 10.6 Å². The number of aromatic nitrogens is 2. The number of nitrogens with one attached hydrogen (secondary N) is 2. The highest BCUT2D eigenvalue weighted by Crippen LogP contribution is 2.31. The molecule has 140 valence electrons. The maximum atomic E-state index is 14.0. The lowest BCUT2D eigenvalue weighted by molar-refractivity contribution is -0.141. The molecule has 0 bridgehead atoms. The minimum atomic E-state index is -4.62. The summed E-state index contributed by atoms with van der Waals surface area (Å²) in [7, 11) is 0. The minimum Gasteiger partial charge on any atom is -0.351 e. The van der Waals surface area contributed by atoms with Gasteiger partial charge in [-0.2, -0.15) is 18.2 Å². The van der Waals surface area contributed by atoms with Crippen molar-refractivity contribution in [3.05, 3.63) is 40.2 Å². The van der Waals surface area contributed by atoms with Gasteiger partial charge in [-0.05, 0) is 31.0 Å². The molecule has 1 aliphatic carbocycles. The Bertz CT molecular complexity index is 776. The molecule has 4 nitrogen and oxygen atoms in total. The van der Waals surface area contributed by atoms with E-state index in [9.17, 15) is 17.6 Å². The third-order valence-electron chi connectivity index (χ3n) is 4.15. The van der Waals surface area contributed by atoms with Crippen molar-refractivity contribution in [1.82, 2.24) is 9.97 Å². The zero-order valence-electron chi connectivity index (χ0n) is 13.7. The topological polar surface area (TPSA) is 49.8 Å². The molecule has 1 aromatic heterocycles. The highest BCUT2D eigenvalue weighted by Gasteiger charge is 2.34. The standard InChI is InChI=1S/C17H17BrF4N4/c18-10-6-7-13(12(19)8-10)24-15-9-14(17(20,21)22)25-16(26-15)23-11-4-2-1-3-5-11/h6-9,11H,1-5H2,(H2,23,24,25,26). The molecule has 3 rings (SSSR count). The molecule has 0 atom stereocenters. The Morgan fingerprint density at radius 2 is 1.77 bits per heavy atom. The molecule has 1 aliphatic rings. The van der Waals surface area contributed by atoms with E-state index in [1.54, 1.807) is 6.07 Å². The van der Waals surface area contributed by atoms with Gasteiger partial charge in [0.1, 0.15) is 11.6 Å². The van der Waals surface area contributed by atoms with Crippen LogP contribution in [0, 0.1) is 5.82 Å². The monoisotopic (exact) mass is 432 g/mol. The van der Waals surface area contributed by atoms with Crippen LogP contribution in [0.15, 0.2) is 28.7 Å². The van der Waals surface area contributed by atoms with Gasteiger partial charge >= 0.3 is 6.18 Å². The van der Waals surface area contributed by atoms with Crippen LogP contribution in [0.4, 0.5) is 35.0 Å². The Hall–Kier alpha value is -1.90. The number of anilines is 3. The van der Waals surface area contributed by atoms with Crippen LogP contribution in [-0.2, 0) is 6.18 Å². The van der Waals surface area contributed by atoms with E-state index in [1.807, 2.05) is 0 Å². The summed E-state index contributed by atoms with van der Waals surface area (Å²) in [5.41, 5.74) is -1.05. The molecule has 1 saturated carbocycles. The second-order valence-corrected chi connectivity index (χ2v) is 7.10. The summed E-state index contributed by atoms with van der Waals surface area (Å²) in [6.45, 7) is 0. The average Bonchev–Trinajstić information content (AvgIpc) is 2.57. The Kier molecular flexibility index (Phi) is 5.64. The Morgan fingerprint density at radius 3 is 2.42 bits per heavy atom. The highest BCUT2D eigenvalue weighted by molar-refractivity contribution is 9.10. The van der Waals surface area contributed by atoms with Gasteiger partial charge < -0.3 is 10.6 Å². The van der Waals surface area contributed by atoms with E-state index < -0.39 is 17.7 Å². The predicted octanol–water partition coefficient (Wildman–Crippen LogP) is 5.89. The summed E-state index contributed by atoms with van der Waals surface area (Å²) in [4.78, 5) is 7.68. The molecule has 2 N–H and O–H groups in total. The summed E-state index contributed by atoms with van der Waals surface area (Å²) >= 11 is 3.13. The van der Waals surface area contributed by atoms with Crippen LogP contribution >= 0.6 is 15.9 Å². The summed E-state index contributed by atoms with van der Waals surface area (Å²) in [6.07, 6.45) is 0.267. The second-order valence-electron chi connectivity index (χ2n) is 6.19. The van der Waals surface area contributed by atoms with Crippen LogP contribution in [-0.4, -0.2) is 16.0 Å². The lowest BCUT2D eigenvalue weighted by atomic mass is 9.96. The zero-order chi connectivity index (χ0) is 18.7. The molecule has 0 amide bonds. The average molecular weight is 433 g/mol. The molecule has 0 unspecified atom stereocenters. The SMILES string of the molecule is Fc1cc(Br)ccc1Nc1cc(C(F)(F)F)nc(NC2CCCCC2)n1. The maximum absolute atomic E-state index is 14.0. The summed E-state index contributed by atoms with van der Waals surface area (Å²) in [5.74, 6) is -0.827. The van der Waals surface area contributed by atoms with Gasteiger partial charge in [-0.15, -0.1) is 0 Å². The molecular weight excluding hydrogens is 416 g/mol. The Morgan fingerprint density at radius 1 is 1.04 bits per heavy atom. The molecule has 9 heteroatoms. The van der Waals surface area contributed by atoms with E-state index in [1.165, 1.54) is 12.1 Å². The van der Waals surface area contributed by atoms with Crippen molar-refractivity contribution in [1.29, 1.82) is 0 Å². The van der Waals surface area contributed by atoms with Crippen molar-refractivity contribution in [3.63, 3.8) is 0 Å². The van der Waals surface area contributed by atoms with Crippen LogP contribution < -0.4 is 10.6 Å². The quantitative estimate of drug-likeness (QED) is 0.591. The molecule has 0 saturated heterocycles. The first-order valence-corrected chi connectivity index (χ1v) is 9.05. The van der Waals surface area contributed by atoms with Crippen LogP contribution in [0.1, 0.15) is 37.8 Å². The number of rotatable bonds is 4. The molecule has 0 radical (unpaired) electrons. The van der Waals surface area contributed by atoms with Crippen molar-refractivity contribution >= 4 is 33.4 Å². The van der Waals surface area contributed by atoms with Gasteiger partial charge in [0.25, 0.3) is 0 Å². The summed E-state index contributed by atoms with van der Waals surface area (Å²) in [6, 6.07) is 5.04. The third kappa shape index (κ3) is 4.84. The van der Waals surface area contributed by atoms with Gasteiger partial charge in [-0.1, -0.05) is 35.2 Å². The van der Waals surface area contributed by atoms with E-state index in [0.29, 0.717) is 4.47 Å². The van der Waals surface area contributed by atoms with Gasteiger partial charge in [-0.3, -0.25) is 0 Å². The van der Waals surface area contributed by atoms with Gasteiger partial charge in [0.05, 0.1) is 5.69 Å². The van der Waals surface area contributed by atoms with Crippen LogP contribution in [0.2, 0.25) is 0 Å². The number of halogens is 5. The molecule has 26 heavy (non-hydrogen) atoms. The summed E-state index contributed by atoms with van der Waals surface area (Å²) in [5, 5.41) is 5.58. The van der Waals surface area contributed by atoms with Crippen LogP contribution in [0.5, 0.6) is 0 Å². The molecule has 1 aromatic carbocycles. The molecular formula is C17H17BrF4N4. The molecule has 0 spiro atoms. The third-order valence-corrected chi connectivity index (χ3v) is 4.64. The number of nitrogens with zero attached hydrogens (tertiary/aromatic N) is 2. The van der Waals surface area contributed by atoms with E-state index in [0.717, 1.165) is 38.2 Å². The largest absolute Gasteiger partial charge is 0.433 e. The van der Waals surface area contributed by atoms with E-state index in [4.69, 9.17) is 0 Å². The van der Waals surface area contributed by atoms with Crippen molar-refractivity contribution < 1.29 is 17.6 Å². The normalized spacial score (nSPS) is 15.7. The highest BCUT2D eigenvalue weighted by atomic mass is 79.9. The van der Waals surface area contributed by atoms with Crippen molar-refractivity contribution in [2.45, 2.75) is 44.3 Å². The van der Waals surface area contributed by atoms with Crippen LogP contribution in [0.3, 0.4) is 0 Å². The molecule has 1 heterocycles. The summed E-state index contributed by atoms with van der Waals surface area (Å²) < 4.78 is 54.0. The molecule has 1 fully saturated rings. The van der Waals surface area contributed by atoms with Crippen LogP contribution in [0.25, 0.3) is 0 Å². The number of alkyl halides is 3. The fraction of sp³-hybridized carbons (Fsp3) is 0.412. The van der Waals surface area contributed by atoms with E-state index in [-0.39, 0.29) is 23.5 Å². The minimum absolute atomic E-state index is 0.0311. The van der Waals surface area contributed by atoms with E-state index in [2.05, 4.69) is 36.5 Å². The zero-order valence-corrected chi connectivity index (χ0v) is 15.3. The fourth-order valence-electron chi connectivity index (χ4n) is 2.88. The number of hydrogen-bond donors (Lipinski definition) is 2. The lowest BCUT2D eigenvalue weighted by Crippen LogP contribution is -2.24. The van der Waals surface area contributed by atoms with E-state index >= 15 is 0 Å². The fourth-order valence-corrected chi connectivity index (χ4v) is 3.21. The first kappa shape index (κ1) is 18.9. The molecule has 2 aromatic rings. The first-order chi connectivity index (χ1) is 12.3. The van der Waals surface area contributed by atoms with Gasteiger partial charge in [0.2, 0.25) is 5.95 Å². The van der Waals surface area contributed by atoms with Crippen molar-refractivity contribution in [3.8, 4) is 0 Å². The van der Waals surface area contributed by atoms with Gasteiger partial charge in [0.15, 0.2) is 5.69 Å². The second kappa shape index (κ2) is 7.77. The van der Waals surface area contributed by atoms with Gasteiger partial charge in [-0.25, -0.2) is 9.37 Å². The number of benzene rings is 1. The predicted molar refractivity (Wildman–Crippen MR) is 94.9 cm³/mol. The Labute approximate surface area is 156 Å². The smallest absolute Gasteiger partial charge is 0.351 e. The maximum Gasteiger partial charge on any atom is 0.433 e. The lowest BCUT2D eigenvalue weighted by Gasteiger charge is -2.23.